The zero-order valence-electron chi connectivity index (χ0n) is 13.0. The molecule has 6 nitrogen and oxygen atoms in total. The normalized spacial score (nSPS) is 21.6. The van der Waals surface area contributed by atoms with Gasteiger partial charge in [0.05, 0.1) is 6.42 Å². The van der Waals surface area contributed by atoms with E-state index in [-0.39, 0.29) is 18.5 Å². The molecule has 0 bridgehead atoms. The van der Waals surface area contributed by atoms with Crippen LogP contribution in [0.4, 0.5) is 4.79 Å². The molecule has 2 unspecified atom stereocenters. The Morgan fingerprint density at radius 3 is 2.45 bits per heavy atom. The molecule has 1 fully saturated rings. The van der Waals surface area contributed by atoms with Crippen molar-refractivity contribution in [3.8, 4) is 0 Å². The van der Waals surface area contributed by atoms with Gasteiger partial charge in [-0.05, 0) is 27.3 Å². The first kappa shape index (κ1) is 16.8. The van der Waals surface area contributed by atoms with Crippen LogP contribution in [0.3, 0.4) is 0 Å². The van der Waals surface area contributed by atoms with Crippen molar-refractivity contribution in [1.29, 1.82) is 0 Å². The molecule has 1 aliphatic rings. The molecule has 0 aromatic heterocycles. The van der Waals surface area contributed by atoms with Crippen LogP contribution in [0.15, 0.2) is 0 Å². The number of carboxylic acid groups (broad SMARTS) is 1. The van der Waals surface area contributed by atoms with E-state index in [4.69, 9.17) is 5.11 Å². The van der Waals surface area contributed by atoms with Crippen LogP contribution >= 0.6 is 0 Å². The number of likely N-dealkylation sites (N-methyl/N-ethyl adjacent to an activating group) is 1. The van der Waals surface area contributed by atoms with Crippen LogP contribution < -0.4 is 0 Å². The van der Waals surface area contributed by atoms with Gasteiger partial charge in [0, 0.05) is 38.3 Å². The summed E-state index contributed by atoms with van der Waals surface area (Å²) in [5.74, 6) is -0.868. The Hall–Kier alpha value is -1.30. The number of carbonyl (C=O) groups is 2. The summed E-state index contributed by atoms with van der Waals surface area (Å²) >= 11 is 0. The van der Waals surface area contributed by atoms with Crippen molar-refractivity contribution in [2.75, 3.05) is 32.7 Å². The van der Waals surface area contributed by atoms with E-state index < -0.39 is 5.97 Å². The van der Waals surface area contributed by atoms with Crippen molar-refractivity contribution in [1.82, 2.24) is 14.7 Å². The van der Waals surface area contributed by atoms with Gasteiger partial charge in [0.25, 0.3) is 0 Å². The number of amides is 2. The summed E-state index contributed by atoms with van der Waals surface area (Å²) in [6.45, 7) is 11.8. The fourth-order valence-corrected chi connectivity index (χ4v) is 2.82. The predicted octanol–water partition coefficient (Wildman–Crippen LogP) is 1.32. The van der Waals surface area contributed by atoms with Gasteiger partial charge in [0.2, 0.25) is 0 Å². The quantitative estimate of drug-likeness (QED) is 0.827. The van der Waals surface area contributed by atoms with E-state index in [1.165, 1.54) is 0 Å². The van der Waals surface area contributed by atoms with Gasteiger partial charge in [-0.2, -0.15) is 0 Å². The molecule has 20 heavy (non-hydrogen) atoms. The molecule has 1 N–H and O–H groups in total. The van der Waals surface area contributed by atoms with E-state index in [1.54, 1.807) is 11.8 Å². The highest BCUT2D eigenvalue weighted by Crippen LogP contribution is 2.14. The van der Waals surface area contributed by atoms with E-state index in [0.717, 1.165) is 13.1 Å². The third-order valence-electron chi connectivity index (χ3n) is 4.03. The van der Waals surface area contributed by atoms with Crippen LogP contribution in [0.25, 0.3) is 0 Å². The van der Waals surface area contributed by atoms with Gasteiger partial charge in [0.1, 0.15) is 0 Å². The van der Waals surface area contributed by atoms with Gasteiger partial charge in [-0.25, -0.2) is 4.79 Å². The zero-order valence-corrected chi connectivity index (χ0v) is 13.0. The lowest BCUT2D eigenvalue weighted by Gasteiger charge is -2.42. The Bertz CT molecular complexity index is 349. The number of aliphatic carboxylic acids is 1. The van der Waals surface area contributed by atoms with E-state index >= 15 is 0 Å². The molecule has 2 amide bonds. The standard InChI is InChI=1S/C14H27N3O3/c1-5-15-7-8-16(10-12(15)4)14(20)17(6-2)11(3)9-13(18)19/h11-12H,5-10H2,1-4H3,(H,18,19). The smallest absolute Gasteiger partial charge is 0.320 e. The topological polar surface area (TPSA) is 64.1 Å². The summed E-state index contributed by atoms with van der Waals surface area (Å²) in [4.78, 5) is 29.2. The maximum atomic E-state index is 12.5. The highest BCUT2D eigenvalue weighted by molar-refractivity contribution is 5.76. The lowest BCUT2D eigenvalue weighted by atomic mass is 10.2. The fraction of sp³-hybridized carbons (Fsp3) is 0.857. The largest absolute Gasteiger partial charge is 0.481 e. The van der Waals surface area contributed by atoms with Gasteiger partial charge >= 0.3 is 12.0 Å². The Labute approximate surface area is 121 Å². The van der Waals surface area contributed by atoms with Crippen LogP contribution in [0, 0.1) is 0 Å². The van der Waals surface area contributed by atoms with Gasteiger partial charge in [-0.3, -0.25) is 9.69 Å². The summed E-state index contributed by atoms with van der Waals surface area (Å²) in [6.07, 6.45) is -0.00986. The van der Waals surface area contributed by atoms with Crippen LogP contribution in [-0.2, 0) is 4.79 Å². The molecule has 0 aromatic carbocycles. The molecule has 1 saturated heterocycles. The van der Waals surface area contributed by atoms with E-state index in [1.807, 2.05) is 11.8 Å². The van der Waals surface area contributed by atoms with Gasteiger partial charge < -0.3 is 14.9 Å². The van der Waals surface area contributed by atoms with E-state index in [9.17, 15) is 9.59 Å². The molecule has 1 rings (SSSR count). The molecule has 2 atom stereocenters. The van der Waals surface area contributed by atoms with Crippen molar-refractivity contribution in [3.63, 3.8) is 0 Å². The summed E-state index contributed by atoms with van der Waals surface area (Å²) in [7, 11) is 0. The van der Waals surface area contributed by atoms with Crippen LogP contribution in [0.5, 0.6) is 0 Å². The molecule has 0 spiro atoms. The highest BCUT2D eigenvalue weighted by atomic mass is 16.4. The van der Waals surface area contributed by atoms with Crippen molar-refractivity contribution in [2.45, 2.75) is 46.2 Å². The first-order valence-corrected chi connectivity index (χ1v) is 7.42. The summed E-state index contributed by atoms with van der Waals surface area (Å²) in [6, 6.07) is 0.0412. The van der Waals surface area contributed by atoms with E-state index in [0.29, 0.717) is 25.7 Å². The predicted molar refractivity (Wildman–Crippen MR) is 77.8 cm³/mol. The molecule has 0 aromatic rings. The Balaban J connectivity index is 2.65. The lowest BCUT2D eigenvalue weighted by molar-refractivity contribution is -0.138. The molecular formula is C14H27N3O3. The number of carbonyl (C=O) groups excluding carboxylic acids is 1. The lowest BCUT2D eigenvalue weighted by Crippen LogP contribution is -2.57. The third-order valence-corrected chi connectivity index (χ3v) is 4.03. The Kier molecular flexibility index (Phi) is 6.26. The second-order valence-corrected chi connectivity index (χ2v) is 5.44. The summed E-state index contributed by atoms with van der Waals surface area (Å²) < 4.78 is 0. The number of piperazine rings is 1. The summed E-state index contributed by atoms with van der Waals surface area (Å²) in [5, 5.41) is 8.87. The van der Waals surface area contributed by atoms with Crippen molar-refractivity contribution >= 4 is 12.0 Å². The van der Waals surface area contributed by atoms with Gasteiger partial charge in [-0.1, -0.05) is 6.92 Å². The van der Waals surface area contributed by atoms with Crippen molar-refractivity contribution < 1.29 is 14.7 Å². The van der Waals surface area contributed by atoms with Gasteiger partial charge in [-0.15, -0.1) is 0 Å². The molecule has 0 saturated carbocycles. The van der Waals surface area contributed by atoms with Crippen molar-refractivity contribution in [2.24, 2.45) is 0 Å². The number of carboxylic acids is 1. The number of hydrogen-bond donors (Lipinski definition) is 1. The fourth-order valence-electron chi connectivity index (χ4n) is 2.82. The Morgan fingerprint density at radius 2 is 2.00 bits per heavy atom. The molecule has 0 radical (unpaired) electrons. The minimum atomic E-state index is -0.868. The molecule has 6 heteroatoms. The zero-order chi connectivity index (χ0) is 15.3. The average molecular weight is 285 g/mol. The molecule has 116 valence electrons. The first-order valence-electron chi connectivity index (χ1n) is 7.42. The van der Waals surface area contributed by atoms with Crippen LogP contribution in [0.2, 0.25) is 0 Å². The summed E-state index contributed by atoms with van der Waals surface area (Å²) in [5.41, 5.74) is 0. The third kappa shape index (κ3) is 4.10. The number of urea groups is 1. The monoisotopic (exact) mass is 285 g/mol. The molecule has 1 heterocycles. The van der Waals surface area contributed by atoms with E-state index in [2.05, 4.69) is 18.7 Å². The SMILES string of the molecule is CCN1CCN(C(=O)N(CC)C(C)CC(=O)O)CC1C. The van der Waals surface area contributed by atoms with Gasteiger partial charge in [0.15, 0.2) is 0 Å². The number of hydrogen-bond acceptors (Lipinski definition) is 3. The first-order chi connectivity index (χ1) is 9.40. The second kappa shape index (κ2) is 7.47. The second-order valence-electron chi connectivity index (χ2n) is 5.44. The molecule has 0 aliphatic carbocycles. The Morgan fingerprint density at radius 1 is 1.35 bits per heavy atom. The highest BCUT2D eigenvalue weighted by Gasteiger charge is 2.30. The maximum Gasteiger partial charge on any atom is 0.320 e. The number of rotatable bonds is 5. The minimum Gasteiger partial charge on any atom is -0.481 e. The molecule has 1 aliphatic heterocycles. The molecular weight excluding hydrogens is 258 g/mol. The van der Waals surface area contributed by atoms with Crippen molar-refractivity contribution in [3.05, 3.63) is 0 Å². The number of nitrogens with zero attached hydrogens (tertiary/aromatic N) is 3. The average Bonchev–Trinajstić information content (AvgIpc) is 2.38. The minimum absolute atomic E-state index is 0.00986. The maximum absolute atomic E-state index is 12.5. The van der Waals surface area contributed by atoms with Crippen LogP contribution in [0.1, 0.15) is 34.1 Å². The van der Waals surface area contributed by atoms with Crippen LogP contribution in [-0.4, -0.2) is 76.6 Å².